The fraction of sp³-hybridized carbons (Fsp3) is 0.692. The molecule has 0 unspecified atom stereocenters. The Hall–Kier alpha value is -1.36. The molecule has 2 fully saturated rings. The van der Waals surface area contributed by atoms with Crippen molar-refractivity contribution in [3.63, 3.8) is 0 Å². The van der Waals surface area contributed by atoms with Crippen molar-refractivity contribution in [3.8, 4) is 0 Å². The number of carboxylic acids is 1. The minimum atomic E-state index is -0.929. The quantitative estimate of drug-likeness (QED) is 0.745. The van der Waals surface area contributed by atoms with E-state index in [4.69, 9.17) is 4.74 Å². The Morgan fingerprint density at radius 1 is 1.67 bits per heavy atom. The van der Waals surface area contributed by atoms with E-state index in [1.165, 1.54) is 0 Å². The number of ether oxygens (including phenoxy) is 1. The Kier molecular flexibility index (Phi) is 2.48. The van der Waals surface area contributed by atoms with Gasteiger partial charge in [-0.2, -0.15) is 0 Å². The minimum absolute atomic E-state index is 0.0531. The molecule has 3 rings (SSSR count). The zero-order chi connectivity index (χ0) is 12.9. The summed E-state index contributed by atoms with van der Waals surface area (Å²) in [6.45, 7) is 3.27. The molecule has 5 heteroatoms. The average molecular weight is 251 g/mol. The monoisotopic (exact) mass is 251 g/mol. The lowest BCUT2D eigenvalue weighted by Gasteiger charge is -2.21. The second-order valence-corrected chi connectivity index (χ2v) is 5.35. The highest BCUT2D eigenvalue weighted by molar-refractivity contribution is 5.90. The van der Waals surface area contributed by atoms with Crippen LogP contribution in [0.1, 0.15) is 19.8 Å². The van der Waals surface area contributed by atoms with Gasteiger partial charge >= 0.3 is 5.97 Å². The number of hydrogen-bond acceptors (Lipinski definition) is 3. The van der Waals surface area contributed by atoms with E-state index in [1.54, 1.807) is 11.0 Å². The molecule has 3 heterocycles. The lowest BCUT2D eigenvalue weighted by molar-refractivity contribution is -0.148. The molecular weight excluding hydrogens is 234 g/mol. The minimum Gasteiger partial charge on any atom is -0.481 e. The second-order valence-electron chi connectivity index (χ2n) is 5.35. The summed E-state index contributed by atoms with van der Waals surface area (Å²) in [6, 6.07) is 0. The van der Waals surface area contributed by atoms with Gasteiger partial charge in [-0.05, 0) is 6.42 Å². The van der Waals surface area contributed by atoms with Gasteiger partial charge in [0.1, 0.15) is 11.5 Å². The third-order valence-electron chi connectivity index (χ3n) is 4.25. The summed E-state index contributed by atoms with van der Waals surface area (Å²) in [7, 11) is 0. The highest BCUT2D eigenvalue weighted by Crippen LogP contribution is 2.51. The molecule has 1 N–H and O–H groups in total. The molecule has 0 aromatic heterocycles. The van der Waals surface area contributed by atoms with Gasteiger partial charge in [-0.25, -0.2) is 0 Å². The lowest BCUT2D eigenvalue weighted by atomic mass is 9.77. The van der Waals surface area contributed by atoms with E-state index < -0.39 is 29.5 Å². The highest BCUT2D eigenvalue weighted by atomic mass is 16.5. The van der Waals surface area contributed by atoms with Crippen molar-refractivity contribution in [3.05, 3.63) is 12.2 Å². The van der Waals surface area contributed by atoms with Crippen LogP contribution in [0, 0.1) is 11.8 Å². The van der Waals surface area contributed by atoms with Crippen molar-refractivity contribution in [2.75, 3.05) is 13.1 Å². The third-order valence-corrected chi connectivity index (χ3v) is 4.25. The van der Waals surface area contributed by atoms with E-state index in [0.717, 1.165) is 12.8 Å². The molecule has 5 nitrogen and oxygen atoms in total. The van der Waals surface area contributed by atoms with E-state index in [-0.39, 0.29) is 5.91 Å². The summed E-state index contributed by atoms with van der Waals surface area (Å²) in [5, 5.41) is 9.27. The van der Waals surface area contributed by atoms with Gasteiger partial charge in [0.25, 0.3) is 0 Å². The SMILES string of the molecule is CCCCN1C[C@]23C=C[C@@H](O2)[C@H](C(=O)O)[C@@H]3C1=O. The van der Waals surface area contributed by atoms with E-state index in [1.807, 2.05) is 6.08 Å². The highest BCUT2D eigenvalue weighted by Gasteiger charge is 2.66. The fourth-order valence-electron chi connectivity index (χ4n) is 3.40. The third kappa shape index (κ3) is 1.37. The molecule has 0 aliphatic carbocycles. The van der Waals surface area contributed by atoms with Gasteiger partial charge < -0.3 is 14.7 Å². The number of likely N-dealkylation sites (tertiary alicyclic amines) is 1. The zero-order valence-electron chi connectivity index (χ0n) is 10.3. The zero-order valence-corrected chi connectivity index (χ0v) is 10.3. The number of carbonyl (C=O) groups is 2. The van der Waals surface area contributed by atoms with Crippen LogP contribution in [0.3, 0.4) is 0 Å². The van der Waals surface area contributed by atoms with E-state index in [9.17, 15) is 14.7 Å². The Balaban J connectivity index is 1.87. The van der Waals surface area contributed by atoms with E-state index in [2.05, 4.69) is 6.92 Å². The van der Waals surface area contributed by atoms with Crippen LogP contribution < -0.4 is 0 Å². The van der Waals surface area contributed by atoms with Crippen LogP contribution in [-0.2, 0) is 14.3 Å². The van der Waals surface area contributed by atoms with Crippen LogP contribution in [0.4, 0.5) is 0 Å². The Morgan fingerprint density at radius 3 is 3.11 bits per heavy atom. The smallest absolute Gasteiger partial charge is 0.310 e. The molecule has 2 saturated heterocycles. The average Bonchev–Trinajstić information content (AvgIpc) is 2.95. The summed E-state index contributed by atoms with van der Waals surface area (Å²) < 4.78 is 5.78. The first-order chi connectivity index (χ1) is 8.59. The van der Waals surface area contributed by atoms with Crippen LogP contribution in [0.5, 0.6) is 0 Å². The number of aliphatic carboxylic acids is 1. The van der Waals surface area contributed by atoms with Crippen molar-refractivity contribution < 1.29 is 19.4 Å². The van der Waals surface area contributed by atoms with E-state index in [0.29, 0.717) is 13.1 Å². The van der Waals surface area contributed by atoms with Crippen LogP contribution in [-0.4, -0.2) is 46.7 Å². The fourth-order valence-corrected chi connectivity index (χ4v) is 3.40. The second kappa shape index (κ2) is 3.82. The van der Waals surface area contributed by atoms with E-state index >= 15 is 0 Å². The molecule has 2 bridgehead atoms. The molecule has 3 aliphatic rings. The number of rotatable bonds is 4. The maximum atomic E-state index is 12.3. The summed E-state index contributed by atoms with van der Waals surface area (Å²) in [6.07, 6.45) is 5.23. The molecule has 0 radical (unpaired) electrons. The number of unbranched alkanes of at least 4 members (excludes halogenated alkanes) is 1. The first kappa shape index (κ1) is 11.7. The molecule has 98 valence electrons. The standard InChI is InChI=1S/C13H17NO4/c1-2-3-6-14-7-13-5-4-8(18-13)9(12(16)17)10(13)11(14)15/h4-5,8-10H,2-3,6-7H2,1H3,(H,16,17)/t8-,9+,10-,13+/m1/s1. The normalized spacial score (nSPS) is 40.6. The van der Waals surface area contributed by atoms with Crippen molar-refractivity contribution in [2.24, 2.45) is 11.8 Å². The van der Waals surface area contributed by atoms with Crippen LogP contribution in [0.2, 0.25) is 0 Å². The molecule has 1 amide bonds. The van der Waals surface area contributed by atoms with Gasteiger partial charge in [0.15, 0.2) is 0 Å². The van der Waals surface area contributed by atoms with Gasteiger partial charge in [-0.15, -0.1) is 0 Å². The number of nitrogens with zero attached hydrogens (tertiary/aromatic N) is 1. The van der Waals surface area contributed by atoms with Crippen LogP contribution >= 0.6 is 0 Å². The van der Waals surface area contributed by atoms with Gasteiger partial charge in [0, 0.05) is 6.54 Å². The van der Waals surface area contributed by atoms with Crippen molar-refractivity contribution >= 4 is 11.9 Å². The molecule has 3 aliphatic heterocycles. The number of amides is 1. The Bertz CT molecular complexity index is 433. The Labute approximate surface area is 105 Å². The number of carboxylic acid groups (broad SMARTS) is 1. The van der Waals surface area contributed by atoms with Gasteiger partial charge in [-0.1, -0.05) is 25.5 Å². The maximum absolute atomic E-state index is 12.3. The van der Waals surface area contributed by atoms with Crippen LogP contribution in [0.15, 0.2) is 12.2 Å². The Morgan fingerprint density at radius 2 is 2.44 bits per heavy atom. The molecule has 0 saturated carbocycles. The maximum Gasteiger partial charge on any atom is 0.310 e. The topological polar surface area (TPSA) is 66.8 Å². The molecule has 1 spiro atoms. The molecule has 18 heavy (non-hydrogen) atoms. The molecule has 0 aromatic carbocycles. The molecular formula is C13H17NO4. The van der Waals surface area contributed by atoms with Crippen molar-refractivity contribution in [1.29, 1.82) is 0 Å². The number of hydrogen-bond donors (Lipinski definition) is 1. The number of carbonyl (C=O) groups excluding carboxylic acids is 1. The summed E-state index contributed by atoms with van der Waals surface area (Å²) in [4.78, 5) is 25.4. The summed E-state index contributed by atoms with van der Waals surface area (Å²) in [5.74, 6) is -2.22. The first-order valence-electron chi connectivity index (χ1n) is 6.48. The summed E-state index contributed by atoms with van der Waals surface area (Å²) >= 11 is 0. The summed E-state index contributed by atoms with van der Waals surface area (Å²) in [5.41, 5.74) is -0.668. The van der Waals surface area contributed by atoms with Crippen LogP contribution in [0.25, 0.3) is 0 Å². The molecule has 0 aromatic rings. The van der Waals surface area contributed by atoms with Gasteiger partial charge in [0.05, 0.1) is 18.6 Å². The lowest BCUT2D eigenvalue weighted by Crippen LogP contribution is -2.39. The van der Waals surface area contributed by atoms with Gasteiger partial charge in [-0.3, -0.25) is 9.59 Å². The largest absolute Gasteiger partial charge is 0.481 e. The first-order valence-corrected chi connectivity index (χ1v) is 6.48. The predicted octanol–water partition coefficient (Wildman–Crippen LogP) is 0.653. The van der Waals surface area contributed by atoms with Crippen molar-refractivity contribution in [1.82, 2.24) is 4.90 Å². The van der Waals surface area contributed by atoms with Gasteiger partial charge in [0.2, 0.25) is 5.91 Å². The van der Waals surface area contributed by atoms with Crippen molar-refractivity contribution in [2.45, 2.75) is 31.5 Å². The molecule has 4 atom stereocenters. The predicted molar refractivity (Wildman–Crippen MR) is 62.8 cm³/mol. The number of fused-ring (bicyclic) bond motifs is 1.